The number of aromatic hydroxyl groups is 1. The second-order valence-electron chi connectivity index (χ2n) is 8.08. The third-order valence-electron chi connectivity index (χ3n) is 6.11. The molecule has 0 radical (unpaired) electrons. The van der Waals surface area contributed by atoms with Gasteiger partial charge >= 0.3 is 5.69 Å². The summed E-state index contributed by atoms with van der Waals surface area (Å²) >= 11 is 0. The van der Waals surface area contributed by atoms with Gasteiger partial charge < -0.3 is 15.7 Å². The zero-order chi connectivity index (χ0) is 22.2. The molecule has 0 saturated heterocycles. The van der Waals surface area contributed by atoms with Gasteiger partial charge in [0.2, 0.25) is 0 Å². The van der Waals surface area contributed by atoms with Crippen molar-refractivity contribution in [2.45, 2.75) is 24.8 Å². The second kappa shape index (κ2) is 7.85. The summed E-state index contributed by atoms with van der Waals surface area (Å²) in [6, 6.07) is 21.3. The Hall–Kier alpha value is -4.13. The first-order valence-corrected chi connectivity index (χ1v) is 10.4. The highest BCUT2D eigenvalue weighted by molar-refractivity contribution is 6.01. The van der Waals surface area contributed by atoms with Crippen LogP contribution in [0.25, 0.3) is 0 Å². The van der Waals surface area contributed by atoms with Crippen molar-refractivity contribution in [3.8, 4) is 5.75 Å². The minimum absolute atomic E-state index is 0.00589. The van der Waals surface area contributed by atoms with E-state index in [4.69, 9.17) is 0 Å². The van der Waals surface area contributed by atoms with Crippen LogP contribution in [-0.2, 0) is 4.79 Å². The van der Waals surface area contributed by atoms with Crippen molar-refractivity contribution in [2.75, 3.05) is 10.6 Å². The Kier molecular flexibility index (Phi) is 4.86. The lowest BCUT2D eigenvalue weighted by atomic mass is 9.78. The fraction of sp³-hybridized carbons (Fsp3) is 0.160. The van der Waals surface area contributed by atoms with Gasteiger partial charge in [0.1, 0.15) is 0 Å². The van der Waals surface area contributed by atoms with Crippen LogP contribution >= 0.6 is 0 Å². The van der Waals surface area contributed by atoms with Gasteiger partial charge in [0, 0.05) is 23.8 Å². The third-order valence-corrected chi connectivity index (χ3v) is 6.11. The third kappa shape index (κ3) is 3.47. The highest BCUT2D eigenvalue weighted by Gasteiger charge is 2.36. The molecule has 3 aromatic carbocycles. The van der Waals surface area contributed by atoms with Gasteiger partial charge in [0.25, 0.3) is 0 Å². The number of nitro benzene ring substituents is 1. The zero-order valence-corrected chi connectivity index (χ0v) is 17.1. The van der Waals surface area contributed by atoms with E-state index >= 15 is 0 Å². The average molecular weight is 427 g/mol. The van der Waals surface area contributed by atoms with Crippen molar-refractivity contribution in [1.29, 1.82) is 0 Å². The average Bonchev–Trinajstić information content (AvgIpc) is 2.96. The quantitative estimate of drug-likeness (QED) is 0.388. The lowest BCUT2D eigenvalue weighted by Crippen LogP contribution is -2.26. The molecule has 2 aliphatic rings. The Morgan fingerprint density at radius 3 is 2.38 bits per heavy atom. The molecular formula is C25H21N3O4. The maximum absolute atomic E-state index is 13.5. The molecule has 2 unspecified atom stereocenters. The Balaban J connectivity index is 1.64. The molecule has 0 bridgehead atoms. The van der Waals surface area contributed by atoms with E-state index in [1.54, 1.807) is 6.07 Å². The van der Waals surface area contributed by atoms with Crippen molar-refractivity contribution in [2.24, 2.45) is 0 Å². The number of para-hydroxylation sites is 2. The molecule has 3 aromatic rings. The topological polar surface area (TPSA) is 104 Å². The molecule has 160 valence electrons. The predicted molar refractivity (Wildman–Crippen MR) is 122 cm³/mol. The molecule has 0 spiro atoms. The number of anilines is 2. The number of benzene rings is 3. The lowest BCUT2D eigenvalue weighted by Gasteiger charge is -2.30. The molecule has 1 heterocycles. The number of carbonyl (C=O) groups is 1. The highest BCUT2D eigenvalue weighted by Crippen LogP contribution is 2.45. The number of Topliss-reactive ketones (excluding diaryl/α,β-unsaturated/α-hetero) is 1. The van der Waals surface area contributed by atoms with E-state index in [1.807, 2.05) is 54.6 Å². The van der Waals surface area contributed by atoms with E-state index in [1.165, 1.54) is 12.1 Å². The molecule has 0 saturated carbocycles. The van der Waals surface area contributed by atoms with Crippen molar-refractivity contribution in [3.63, 3.8) is 0 Å². The van der Waals surface area contributed by atoms with E-state index in [2.05, 4.69) is 10.6 Å². The van der Waals surface area contributed by atoms with Crippen LogP contribution in [0, 0.1) is 10.1 Å². The van der Waals surface area contributed by atoms with Gasteiger partial charge in [0.05, 0.1) is 22.3 Å². The second-order valence-corrected chi connectivity index (χ2v) is 8.08. The van der Waals surface area contributed by atoms with Gasteiger partial charge in [-0.05, 0) is 41.7 Å². The smallest absolute Gasteiger partial charge is 0.311 e. The number of nitro groups is 1. The van der Waals surface area contributed by atoms with Crippen molar-refractivity contribution in [1.82, 2.24) is 0 Å². The summed E-state index contributed by atoms with van der Waals surface area (Å²) in [6.07, 6.45) is 1.01. The number of phenolic OH excluding ortho intramolecular Hbond substituents is 1. The normalized spacial score (nSPS) is 19.8. The Labute approximate surface area is 184 Å². The van der Waals surface area contributed by atoms with Crippen LogP contribution in [0.2, 0.25) is 0 Å². The molecule has 3 N–H and O–H groups in total. The molecule has 2 atom stereocenters. The van der Waals surface area contributed by atoms with E-state index in [9.17, 15) is 20.0 Å². The molecule has 7 nitrogen and oxygen atoms in total. The number of nitrogens with one attached hydrogen (secondary N) is 2. The molecule has 0 aromatic heterocycles. The van der Waals surface area contributed by atoms with Crippen molar-refractivity contribution < 1.29 is 14.8 Å². The largest absolute Gasteiger partial charge is 0.502 e. The van der Waals surface area contributed by atoms with Crippen LogP contribution < -0.4 is 10.6 Å². The minimum atomic E-state index is -0.620. The number of carbonyl (C=O) groups excluding carboxylic acids is 1. The van der Waals surface area contributed by atoms with Crippen LogP contribution in [0.4, 0.5) is 17.1 Å². The number of hydrogen-bond acceptors (Lipinski definition) is 6. The van der Waals surface area contributed by atoms with Gasteiger partial charge in [-0.1, -0.05) is 48.5 Å². The first kappa shape index (κ1) is 19.8. The fourth-order valence-electron chi connectivity index (χ4n) is 4.57. The summed E-state index contributed by atoms with van der Waals surface area (Å²) in [5.74, 6) is -0.358. The fourth-order valence-corrected chi connectivity index (χ4v) is 4.57. The maximum Gasteiger partial charge on any atom is 0.311 e. The van der Waals surface area contributed by atoms with Gasteiger partial charge in [-0.15, -0.1) is 0 Å². The number of ketones is 1. The number of allylic oxidation sites excluding steroid dienone is 1. The minimum Gasteiger partial charge on any atom is -0.502 e. The summed E-state index contributed by atoms with van der Waals surface area (Å²) in [4.78, 5) is 24.2. The monoisotopic (exact) mass is 427 g/mol. The van der Waals surface area contributed by atoms with Crippen LogP contribution in [-0.4, -0.2) is 15.8 Å². The van der Waals surface area contributed by atoms with Gasteiger partial charge in [-0.2, -0.15) is 0 Å². The molecule has 1 aliphatic heterocycles. The van der Waals surface area contributed by atoms with Crippen LogP contribution in [0.1, 0.15) is 35.9 Å². The van der Waals surface area contributed by atoms with E-state index < -0.39 is 16.7 Å². The Bertz CT molecular complexity index is 1250. The summed E-state index contributed by atoms with van der Waals surface area (Å²) in [7, 11) is 0. The predicted octanol–water partition coefficient (Wildman–Crippen LogP) is 5.28. The highest BCUT2D eigenvalue weighted by atomic mass is 16.6. The van der Waals surface area contributed by atoms with Crippen LogP contribution in [0.3, 0.4) is 0 Å². The molecular weight excluding hydrogens is 406 g/mol. The first-order valence-electron chi connectivity index (χ1n) is 10.4. The van der Waals surface area contributed by atoms with Gasteiger partial charge in [-0.3, -0.25) is 14.9 Å². The number of hydrogen-bond donors (Lipinski definition) is 3. The summed E-state index contributed by atoms with van der Waals surface area (Å²) in [6.45, 7) is 0. The summed E-state index contributed by atoms with van der Waals surface area (Å²) < 4.78 is 0. The van der Waals surface area contributed by atoms with Crippen molar-refractivity contribution >= 4 is 22.8 Å². The van der Waals surface area contributed by atoms with Crippen molar-refractivity contribution in [3.05, 3.63) is 105 Å². The summed E-state index contributed by atoms with van der Waals surface area (Å²) in [5.41, 5.74) is 4.30. The van der Waals surface area contributed by atoms with E-state index in [0.29, 0.717) is 24.0 Å². The van der Waals surface area contributed by atoms with Crippen LogP contribution in [0.5, 0.6) is 5.75 Å². The molecule has 1 aliphatic carbocycles. The number of rotatable bonds is 3. The Morgan fingerprint density at radius 1 is 0.906 bits per heavy atom. The van der Waals surface area contributed by atoms with Gasteiger partial charge in [-0.25, -0.2) is 0 Å². The first-order chi connectivity index (χ1) is 15.5. The zero-order valence-electron chi connectivity index (χ0n) is 17.1. The maximum atomic E-state index is 13.5. The van der Waals surface area contributed by atoms with Crippen LogP contribution in [0.15, 0.2) is 84.1 Å². The standard InChI is InChI=1S/C25H21N3O4/c29-22-11-10-16(13-21(22)28(31)32)25-24-20(26-18-8-4-5-9-19(18)27-25)12-17(14-23(24)30)15-6-2-1-3-7-15/h1-11,13,17,25-27,29H,12,14H2. The Morgan fingerprint density at radius 2 is 1.62 bits per heavy atom. The van der Waals surface area contributed by atoms with E-state index in [-0.39, 0.29) is 17.4 Å². The van der Waals surface area contributed by atoms with E-state index in [0.717, 1.165) is 22.6 Å². The lowest BCUT2D eigenvalue weighted by molar-refractivity contribution is -0.385. The summed E-state index contributed by atoms with van der Waals surface area (Å²) in [5, 5.41) is 28.2. The number of nitrogens with zero attached hydrogens (tertiary/aromatic N) is 1. The molecule has 5 rings (SSSR count). The number of phenols is 1. The molecule has 0 fully saturated rings. The van der Waals surface area contributed by atoms with Gasteiger partial charge in [0.15, 0.2) is 11.5 Å². The molecule has 7 heteroatoms. The number of fused-ring (bicyclic) bond motifs is 1. The molecule has 32 heavy (non-hydrogen) atoms. The SMILES string of the molecule is O=C1CC(c2ccccc2)CC2=C1C(c1ccc(O)c([N+](=O)[O-])c1)Nc1ccccc1N2. The molecule has 0 amide bonds.